The molecule has 1 heterocycles. The first-order valence-electron chi connectivity index (χ1n) is 6.75. The average Bonchev–Trinajstić information content (AvgIpc) is 2.68. The minimum absolute atomic E-state index is 0.0638. The Morgan fingerprint density at radius 1 is 1.53 bits per heavy atom. The molecule has 0 aliphatic heterocycles. The molecule has 0 radical (unpaired) electrons. The van der Waals surface area contributed by atoms with E-state index < -0.39 is 0 Å². The maximum absolute atomic E-state index is 12.3. The summed E-state index contributed by atoms with van der Waals surface area (Å²) in [6.45, 7) is 10.7. The van der Waals surface area contributed by atoms with Crippen molar-refractivity contribution >= 4 is 5.91 Å². The van der Waals surface area contributed by atoms with Gasteiger partial charge in [-0.3, -0.25) is 9.48 Å². The number of aryl methyl sites for hydroxylation is 2. The molecule has 1 amide bonds. The van der Waals surface area contributed by atoms with Crippen LogP contribution in [0.3, 0.4) is 0 Å². The number of carbonyl (C=O) groups excluding carboxylic acids is 1. The Balaban J connectivity index is 2.87. The van der Waals surface area contributed by atoms with Gasteiger partial charge in [0.1, 0.15) is 5.69 Å². The molecule has 19 heavy (non-hydrogen) atoms. The largest absolute Gasteiger partial charge is 0.396 e. The van der Waals surface area contributed by atoms with E-state index in [4.69, 9.17) is 5.11 Å². The molecule has 0 aliphatic rings. The Hall–Kier alpha value is -1.36. The molecule has 5 nitrogen and oxygen atoms in total. The molecule has 0 saturated carbocycles. The Morgan fingerprint density at radius 3 is 2.63 bits per heavy atom. The number of rotatable bonds is 5. The number of carbonyl (C=O) groups is 1. The van der Waals surface area contributed by atoms with Gasteiger partial charge in [-0.15, -0.1) is 0 Å². The number of nitrogens with zero attached hydrogens (tertiary/aromatic N) is 2. The average molecular weight is 267 g/mol. The van der Waals surface area contributed by atoms with Gasteiger partial charge in [-0.25, -0.2) is 0 Å². The third-order valence-electron chi connectivity index (χ3n) is 3.20. The van der Waals surface area contributed by atoms with Gasteiger partial charge in [0.25, 0.3) is 5.91 Å². The van der Waals surface area contributed by atoms with Crippen molar-refractivity contribution in [3.05, 3.63) is 17.5 Å². The molecule has 5 heteroatoms. The second-order valence-corrected chi connectivity index (χ2v) is 5.89. The van der Waals surface area contributed by atoms with E-state index in [9.17, 15) is 4.79 Å². The van der Waals surface area contributed by atoms with Crippen LogP contribution in [0.5, 0.6) is 0 Å². The smallest absolute Gasteiger partial charge is 0.269 e. The van der Waals surface area contributed by atoms with E-state index in [0.717, 1.165) is 5.69 Å². The van der Waals surface area contributed by atoms with Gasteiger partial charge in [-0.2, -0.15) is 5.10 Å². The van der Waals surface area contributed by atoms with Crippen LogP contribution in [-0.2, 0) is 6.54 Å². The minimum Gasteiger partial charge on any atom is -0.396 e. The summed E-state index contributed by atoms with van der Waals surface area (Å²) in [7, 11) is 0. The van der Waals surface area contributed by atoms with Gasteiger partial charge in [0, 0.05) is 19.2 Å². The van der Waals surface area contributed by atoms with Crippen molar-refractivity contribution in [1.82, 2.24) is 15.1 Å². The van der Waals surface area contributed by atoms with Crippen LogP contribution in [0.15, 0.2) is 6.07 Å². The van der Waals surface area contributed by atoms with Gasteiger partial charge >= 0.3 is 0 Å². The van der Waals surface area contributed by atoms with Crippen molar-refractivity contribution in [2.45, 2.75) is 53.6 Å². The summed E-state index contributed by atoms with van der Waals surface area (Å²) in [6.07, 6.45) is 0.550. The number of nitrogens with one attached hydrogen (secondary N) is 1. The first kappa shape index (κ1) is 15.7. The first-order chi connectivity index (χ1) is 8.79. The molecule has 0 bridgehead atoms. The Kier molecular flexibility index (Phi) is 5.11. The number of aromatic nitrogens is 2. The number of amides is 1. The molecule has 0 fully saturated rings. The van der Waals surface area contributed by atoms with Gasteiger partial charge in [0.15, 0.2) is 0 Å². The van der Waals surface area contributed by atoms with Crippen molar-refractivity contribution in [3.8, 4) is 0 Å². The lowest BCUT2D eigenvalue weighted by atomic mass is 9.85. The molecule has 1 unspecified atom stereocenters. The van der Waals surface area contributed by atoms with Crippen LogP contribution in [-0.4, -0.2) is 33.4 Å². The summed E-state index contributed by atoms with van der Waals surface area (Å²) in [6, 6.07) is 1.72. The lowest BCUT2D eigenvalue weighted by Crippen LogP contribution is -2.44. The fourth-order valence-corrected chi connectivity index (χ4v) is 2.05. The van der Waals surface area contributed by atoms with Crippen molar-refractivity contribution in [1.29, 1.82) is 0 Å². The molecule has 0 aliphatic carbocycles. The summed E-state index contributed by atoms with van der Waals surface area (Å²) >= 11 is 0. The Morgan fingerprint density at radius 2 is 2.16 bits per heavy atom. The van der Waals surface area contributed by atoms with Crippen LogP contribution in [0, 0.1) is 12.3 Å². The van der Waals surface area contributed by atoms with Crippen molar-refractivity contribution in [2.75, 3.05) is 6.61 Å². The minimum atomic E-state index is -0.129. The van der Waals surface area contributed by atoms with Crippen LogP contribution in [0.25, 0.3) is 0 Å². The SMILES string of the molecule is CCn1nc(C)cc1C(=O)NC(CCO)C(C)(C)C. The van der Waals surface area contributed by atoms with E-state index in [1.165, 1.54) is 0 Å². The predicted octanol–water partition coefficient (Wildman–Crippen LogP) is 1.74. The van der Waals surface area contributed by atoms with E-state index in [1.54, 1.807) is 10.7 Å². The lowest BCUT2D eigenvalue weighted by molar-refractivity contribution is 0.0874. The molecule has 2 N–H and O–H groups in total. The number of aliphatic hydroxyl groups excluding tert-OH is 1. The zero-order valence-electron chi connectivity index (χ0n) is 12.5. The molecule has 1 aromatic heterocycles. The summed E-state index contributed by atoms with van der Waals surface area (Å²) in [5, 5.41) is 16.4. The maximum atomic E-state index is 12.3. The number of hydrogen-bond acceptors (Lipinski definition) is 3. The van der Waals surface area contributed by atoms with Gasteiger partial charge < -0.3 is 10.4 Å². The molecular formula is C14H25N3O2. The first-order valence-corrected chi connectivity index (χ1v) is 6.75. The highest BCUT2D eigenvalue weighted by Gasteiger charge is 2.27. The Labute approximate surface area is 115 Å². The van der Waals surface area contributed by atoms with Crippen LogP contribution in [0.2, 0.25) is 0 Å². The fraction of sp³-hybridized carbons (Fsp3) is 0.714. The summed E-state index contributed by atoms with van der Waals surface area (Å²) in [4.78, 5) is 12.3. The van der Waals surface area contributed by atoms with E-state index >= 15 is 0 Å². The quantitative estimate of drug-likeness (QED) is 0.854. The van der Waals surface area contributed by atoms with E-state index in [0.29, 0.717) is 18.7 Å². The summed E-state index contributed by atoms with van der Waals surface area (Å²) < 4.78 is 1.70. The summed E-state index contributed by atoms with van der Waals surface area (Å²) in [5.41, 5.74) is 1.32. The zero-order chi connectivity index (χ0) is 14.6. The van der Waals surface area contributed by atoms with Gasteiger partial charge in [0.2, 0.25) is 0 Å². The van der Waals surface area contributed by atoms with Crippen molar-refractivity contribution < 1.29 is 9.90 Å². The standard InChI is InChI=1S/C14H25N3O2/c1-6-17-11(9-10(2)16-17)13(19)15-12(7-8-18)14(3,4)5/h9,12,18H,6-8H2,1-5H3,(H,15,19). The van der Waals surface area contributed by atoms with Crippen LogP contribution in [0.4, 0.5) is 0 Å². The monoisotopic (exact) mass is 267 g/mol. The number of aliphatic hydroxyl groups is 1. The van der Waals surface area contributed by atoms with Crippen molar-refractivity contribution in [3.63, 3.8) is 0 Å². The number of hydrogen-bond donors (Lipinski definition) is 2. The van der Waals surface area contributed by atoms with Gasteiger partial charge in [-0.05, 0) is 31.7 Å². The Bertz CT molecular complexity index is 432. The second-order valence-electron chi connectivity index (χ2n) is 5.89. The highest BCUT2D eigenvalue weighted by Crippen LogP contribution is 2.22. The lowest BCUT2D eigenvalue weighted by Gasteiger charge is -2.31. The summed E-state index contributed by atoms with van der Waals surface area (Å²) in [5.74, 6) is -0.129. The van der Waals surface area contributed by atoms with E-state index in [1.807, 2.05) is 13.8 Å². The zero-order valence-corrected chi connectivity index (χ0v) is 12.5. The third-order valence-corrected chi connectivity index (χ3v) is 3.20. The molecule has 1 aromatic rings. The van der Waals surface area contributed by atoms with Crippen molar-refractivity contribution in [2.24, 2.45) is 5.41 Å². The molecule has 0 spiro atoms. The molecule has 1 rings (SSSR count). The fourth-order valence-electron chi connectivity index (χ4n) is 2.05. The third kappa shape index (κ3) is 4.06. The molecule has 0 saturated heterocycles. The van der Waals surface area contributed by atoms with E-state index in [2.05, 4.69) is 31.2 Å². The molecule has 0 aromatic carbocycles. The van der Waals surface area contributed by atoms with Crippen LogP contribution < -0.4 is 5.32 Å². The van der Waals surface area contributed by atoms with Gasteiger partial charge in [0.05, 0.1) is 5.69 Å². The van der Waals surface area contributed by atoms with Crippen LogP contribution >= 0.6 is 0 Å². The highest BCUT2D eigenvalue weighted by atomic mass is 16.3. The topological polar surface area (TPSA) is 67.2 Å². The van der Waals surface area contributed by atoms with Crippen LogP contribution in [0.1, 0.15) is 50.3 Å². The maximum Gasteiger partial charge on any atom is 0.269 e. The van der Waals surface area contributed by atoms with Gasteiger partial charge in [-0.1, -0.05) is 20.8 Å². The molecular weight excluding hydrogens is 242 g/mol. The predicted molar refractivity (Wildman–Crippen MR) is 75.1 cm³/mol. The second kappa shape index (κ2) is 6.19. The molecule has 108 valence electrons. The molecule has 1 atom stereocenters. The normalized spacial score (nSPS) is 13.4. The van der Waals surface area contributed by atoms with E-state index in [-0.39, 0.29) is 24.0 Å². The highest BCUT2D eigenvalue weighted by molar-refractivity contribution is 5.92.